The van der Waals surface area contributed by atoms with E-state index in [4.69, 9.17) is 16.3 Å². The van der Waals surface area contributed by atoms with Crippen molar-refractivity contribution >= 4 is 17.5 Å². The van der Waals surface area contributed by atoms with E-state index in [9.17, 15) is 9.90 Å². The predicted molar refractivity (Wildman–Crippen MR) is 94.0 cm³/mol. The third-order valence-electron chi connectivity index (χ3n) is 3.54. The molecule has 5 nitrogen and oxygen atoms in total. The van der Waals surface area contributed by atoms with Crippen LogP contribution in [0.2, 0.25) is 5.02 Å². The Hall–Kier alpha value is -2.08. The first kappa shape index (κ1) is 18.3. The lowest BCUT2D eigenvalue weighted by atomic mass is 10.2. The van der Waals surface area contributed by atoms with Crippen LogP contribution in [-0.2, 0) is 17.9 Å². The quantitative estimate of drug-likeness (QED) is 0.683. The van der Waals surface area contributed by atoms with E-state index in [0.29, 0.717) is 18.2 Å². The van der Waals surface area contributed by atoms with Gasteiger partial charge in [-0.05, 0) is 35.4 Å². The lowest BCUT2D eigenvalue weighted by Gasteiger charge is -2.14. The predicted octanol–water partition coefficient (Wildman–Crippen LogP) is 2.12. The molecule has 3 N–H and O–H groups in total. The first-order chi connectivity index (χ1) is 11.6. The molecule has 0 aliphatic heterocycles. The number of aliphatic hydroxyl groups is 1. The molecule has 0 radical (unpaired) electrons. The number of amides is 1. The van der Waals surface area contributed by atoms with Crippen molar-refractivity contribution in [1.29, 1.82) is 0 Å². The zero-order valence-electron chi connectivity index (χ0n) is 13.5. The number of halogens is 1. The van der Waals surface area contributed by atoms with Crippen LogP contribution >= 0.6 is 11.6 Å². The third-order valence-corrected chi connectivity index (χ3v) is 3.79. The Morgan fingerprint density at radius 1 is 1.12 bits per heavy atom. The van der Waals surface area contributed by atoms with Gasteiger partial charge in [-0.25, -0.2) is 0 Å². The van der Waals surface area contributed by atoms with Gasteiger partial charge in [-0.3, -0.25) is 10.1 Å². The topological polar surface area (TPSA) is 70.6 Å². The molecule has 1 amide bonds. The number of nitrogens with one attached hydrogen (secondary N) is 2. The molecule has 1 atom stereocenters. The number of ether oxygens (including phenoxy) is 1. The number of carbonyl (C=O) groups excluding carboxylic acids is 1. The Kier molecular flexibility index (Phi) is 7.06. The number of hydrogen-bond acceptors (Lipinski definition) is 4. The van der Waals surface area contributed by atoms with Gasteiger partial charge < -0.3 is 15.2 Å². The van der Waals surface area contributed by atoms with Crippen LogP contribution in [0.4, 0.5) is 0 Å². The monoisotopic (exact) mass is 348 g/mol. The zero-order chi connectivity index (χ0) is 17.4. The standard InChI is InChI=1S/C18H21ClN2O3/c1-20-18(23)17(11-22)21-10-13-4-8-16(9-5-13)24-12-14-2-6-15(19)7-3-14/h2-9,17,21-22H,10-12H2,1H3,(H,20,23)/t17-/m1/s1. The smallest absolute Gasteiger partial charge is 0.239 e. The van der Waals surface area contributed by atoms with Crippen LogP contribution in [-0.4, -0.2) is 30.7 Å². The van der Waals surface area contributed by atoms with Gasteiger partial charge in [0.25, 0.3) is 0 Å². The van der Waals surface area contributed by atoms with Crippen LogP contribution in [0.15, 0.2) is 48.5 Å². The number of carbonyl (C=O) groups is 1. The molecule has 0 spiro atoms. The summed E-state index contributed by atoms with van der Waals surface area (Å²) in [6, 6.07) is 14.5. The summed E-state index contributed by atoms with van der Waals surface area (Å²) in [5, 5.41) is 15.4. The van der Waals surface area contributed by atoms with E-state index >= 15 is 0 Å². The average Bonchev–Trinajstić information content (AvgIpc) is 2.62. The summed E-state index contributed by atoms with van der Waals surface area (Å²) in [4.78, 5) is 11.5. The van der Waals surface area contributed by atoms with Crippen molar-refractivity contribution in [1.82, 2.24) is 10.6 Å². The Morgan fingerprint density at radius 2 is 1.75 bits per heavy atom. The fraction of sp³-hybridized carbons (Fsp3) is 0.278. The van der Waals surface area contributed by atoms with Gasteiger partial charge >= 0.3 is 0 Å². The van der Waals surface area contributed by atoms with E-state index in [-0.39, 0.29) is 12.5 Å². The highest BCUT2D eigenvalue weighted by Crippen LogP contribution is 2.15. The number of aliphatic hydroxyl groups excluding tert-OH is 1. The molecule has 0 saturated heterocycles. The molecule has 24 heavy (non-hydrogen) atoms. The summed E-state index contributed by atoms with van der Waals surface area (Å²) >= 11 is 5.85. The molecule has 2 aromatic carbocycles. The van der Waals surface area contributed by atoms with E-state index in [0.717, 1.165) is 16.9 Å². The molecular formula is C18H21ClN2O3. The molecular weight excluding hydrogens is 328 g/mol. The Morgan fingerprint density at radius 3 is 2.33 bits per heavy atom. The minimum absolute atomic E-state index is 0.236. The van der Waals surface area contributed by atoms with Gasteiger partial charge in [0.2, 0.25) is 5.91 Å². The zero-order valence-corrected chi connectivity index (χ0v) is 14.2. The minimum Gasteiger partial charge on any atom is -0.489 e. The van der Waals surface area contributed by atoms with Crippen molar-refractivity contribution in [3.05, 3.63) is 64.7 Å². The fourth-order valence-corrected chi connectivity index (χ4v) is 2.23. The first-order valence-corrected chi connectivity index (χ1v) is 8.02. The number of rotatable bonds is 8. The molecule has 0 aliphatic rings. The summed E-state index contributed by atoms with van der Waals surface area (Å²) < 4.78 is 5.72. The molecule has 0 fully saturated rings. The van der Waals surface area contributed by atoms with Crippen LogP contribution in [0.25, 0.3) is 0 Å². The fourth-order valence-electron chi connectivity index (χ4n) is 2.11. The molecule has 0 aliphatic carbocycles. The summed E-state index contributed by atoms with van der Waals surface area (Å²) in [5.41, 5.74) is 2.04. The van der Waals surface area contributed by atoms with Crippen molar-refractivity contribution < 1.29 is 14.6 Å². The van der Waals surface area contributed by atoms with Crippen LogP contribution in [0, 0.1) is 0 Å². The second-order valence-corrected chi connectivity index (χ2v) is 5.73. The Balaban J connectivity index is 1.84. The highest BCUT2D eigenvalue weighted by molar-refractivity contribution is 6.30. The second-order valence-electron chi connectivity index (χ2n) is 5.29. The van der Waals surface area contributed by atoms with Gasteiger partial charge in [0, 0.05) is 18.6 Å². The average molecular weight is 349 g/mol. The van der Waals surface area contributed by atoms with Gasteiger partial charge in [-0.2, -0.15) is 0 Å². The molecule has 2 rings (SSSR count). The van der Waals surface area contributed by atoms with E-state index in [2.05, 4.69) is 10.6 Å². The van der Waals surface area contributed by atoms with Crippen molar-refractivity contribution in [3.8, 4) is 5.75 Å². The van der Waals surface area contributed by atoms with Gasteiger partial charge in [0.05, 0.1) is 6.61 Å². The summed E-state index contributed by atoms with van der Waals surface area (Å²) in [6.45, 7) is 0.704. The van der Waals surface area contributed by atoms with Gasteiger partial charge in [0.1, 0.15) is 18.4 Å². The highest BCUT2D eigenvalue weighted by atomic mass is 35.5. The van der Waals surface area contributed by atoms with Crippen molar-refractivity contribution in [2.75, 3.05) is 13.7 Å². The van der Waals surface area contributed by atoms with Gasteiger partial charge in [-0.1, -0.05) is 35.9 Å². The van der Waals surface area contributed by atoms with Crippen LogP contribution in [0.5, 0.6) is 5.75 Å². The van der Waals surface area contributed by atoms with Gasteiger partial charge in [0.15, 0.2) is 0 Å². The molecule has 128 valence electrons. The van der Waals surface area contributed by atoms with E-state index < -0.39 is 6.04 Å². The van der Waals surface area contributed by atoms with E-state index in [1.807, 2.05) is 48.5 Å². The molecule has 0 saturated carbocycles. The largest absolute Gasteiger partial charge is 0.489 e. The van der Waals surface area contributed by atoms with Crippen molar-refractivity contribution in [2.24, 2.45) is 0 Å². The summed E-state index contributed by atoms with van der Waals surface area (Å²) in [7, 11) is 1.54. The highest BCUT2D eigenvalue weighted by Gasteiger charge is 2.14. The molecule has 2 aromatic rings. The second kappa shape index (κ2) is 9.27. The number of hydrogen-bond donors (Lipinski definition) is 3. The maximum Gasteiger partial charge on any atom is 0.239 e. The molecule has 0 unspecified atom stereocenters. The van der Waals surface area contributed by atoms with E-state index in [1.54, 1.807) is 7.05 Å². The molecule has 0 aromatic heterocycles. The van der Waals surface area contributed by atoms with E-state index in [1.165, 1.54) is 0 Å². The van der Waals surface area contributed by atoms with Crippen molar-refractivity contribution in [3.63, 3.8) is 0 Å². The minimum atomic E-state index is -0.615. The first-order valence-electron chi connectivity index (χ1n) is 7.64. The summed E-state index contributed by atoms with van der Waals surface area (Å²) in [5.74, 6) is 0.527. The SMILES string of the molecule is CNC(=O)[C@@H](CO)NCc1ccc(OCc2ccc(Cl)cc2)cc1. The normalized spacial score (nSPS) is 11.8. The van der Waals surface area contributed by atoms with Crippen LogP contribution < -0.4 is 15.4 Å². The number of likely N-dealkylation sites (N-methyl/N-ethyl adjacent to an activating group) is 1. The van der Waals surface area contributed by atoms with Crippen LogP contribution in [0.3, 0.4) is 0 Å². The van der Waals surface area contributed by atoms with Crippen LogP contribution in [0.1, 0.15) is 11.1 Å². The lowest BCUT2D eigenvalue weighted by Crippen LogP contribution is -2.44. The third kappa shape index (κ3) is 5.53. The maximum atomic E-state index is 11.5. The lowest BCUT2D eigenvalue weighted by molar-refractivity contribution is -0.123. The number of benzene rings is 2. The van der Waals surface area contributed by atoms with Crippen molar-refractivity contribution in [2.45, 2.75) is 19.2 Å². The molecule has 0 heterocycles. The molecule has 0 bridgehead atoms. The summed E-state index contributed by atoms with van der Waals surface area (Å²) in [6.07, 6.45) is 0. The van der Waals surface area contributed by atoms with Gasteiger partial charge in [-0.15, -0.1) is 0 Å². The Labute approximate surface area is 146 Å². The maximum absolute atomic E-state index is 11.5. The Bertz CT molecular complexity index is 644. The molecule has 6 heteroatoms.